The average Bonchev–Trinajstić information content (AvgIpc) is 3.11. The van der Waals surface area contributed by atoms with E-state index in [-0.39, 0.29) is 6.61 Å². The minimum atomic E-state index is 0.191. The molecule has 4 rings (SSSR count). The van der Waals surface area contributed by atoms with Gasteiger partial charge < -0.3 is 9.26 Å². The minimum Gasteiger partial charge on any atom is -0.484 e. The lowest BCUT2D eigenvalue weighted by molar-refractivity contribution is 0.243. The lowest BCUT2D eigenvalue weighted by Crippen LogP contribution is -1.96. The molecule has 26 heavy (non-hydrogen) atoms. The predicted molar refractivity (Wildman–Crippen MR) is 100 cm³/mol. The van der Waals surface area contributed by atoms with Crippen molar-refractivity contribution in [3.05, 3.63) is 70.7 Å². The summed E-state index contributed by atoms with van der Waals surface area (Å²) in [6.45, 7) is 4.07. The maximum atomic E-state index is 6.03. The third kappa shape index (κ3) is 3.26. The van der Waals surface area contributed by atoms with Crippen molar-refractivity contribution in [2.75, 3.05) is 0 Å². The van der Waals surface area contributed by atoms with E-state index in [0.717, 1.165) is 27.7 Å². The molecular formula is C20H16ClN3O2. The van der Waals surface area contributed by atoms with Gasteiger partial charge in [0.1, 0.15) is 5.75 Å². The van der Waals surface area contributed by atoms with Gasteiger partial charge in [0.15, 0.2) is 6.61 Å². The van der Waals surface area contributed by atoms with Crippen molar-refractivity contribution in [3.63, 3.8) is 0 Å². The summed E-state index contributed by atoms with van der Waals surface area (Å²) in [5.41, 5.74) is 3.65. The second-order valence-electron chi connectivity index (χ2n) is 6.04. The van der Waals surface area contributed by atoms with Crippen LogP contribution in [0.15, 0.2) is 53.1 Å². The standard InChI is InChI=1S/C20H16ClN3O2/c1-12-9-14(7-8-17(12)21)25-11-19-23-20(24-26-19)16-10-13(2)22-18-6-4-3-5-15(16)18/h3-10H,11H2,1-2H3. The Labute approximate surface area is 155 Å². The molecular weight excluding hydrogens is 350 g/mol. The van der Waals surface area contributed by atoms with Crippen LogP contribution in [0.25, 0.3) is 22.3 Å². The van der Waals surface area contributed by atoms with Gasteiger partial charge in [0.25, 0.3) is 5.89 Å². The van der Waals surface area contributed by atoms with E-state index in [1.165, 1.54) is 0 Å². The van der Waals surface area contributed by atoms with Gasteiger partial charge in [-0.2, -0.15) is 4.98 Å². The first-order valence-electron chi connectivity index (χ1n) is 8.18. The molecule has 2 aromatic heterocycles. The van der Waals surface area contributed by atoms with Crippen molar-refractivity contribution in [1.29, 1.82) is 0 Å². The van der Waals surface area contributed by atoms with Crippen LogP contribution in [0.3, 0.4) is 0 Å². The maximum Gasteiger partial charge on any atom is 0.264 e. The molecule has 0 unspecified atom stereocenters. The van der Waals surface area contributed by atoms with Crippen molar-refractivity contribution in [2.24, 2.45) is 0 Å². The van der Waals surface area contributed by atoms with Crippen LogP contribution in [0.2, 0.25) is 5.02 Å². The highest BCUT2D eigenvalue weighted by Crippen LogP contribution is 2.27. The fourth-order valence-electron chi connectivity index (χ4n) is 2.77. The molecule has 0 fully saturated rings. The van der Waals surface area contributed by atoms with E-state index in [9.17, 15) is 0 Å². The summed E-state index contributed by atoms with van der Waals surface area (Å²) in [5.74, 6) is 1.64. The van der Waals surface area contributed by atoms with Gasteiger partial charge in [-0.3, -0.25) is 4.98 Å². The van der Waals surface area contributed by atoms with E-state index < -0.39 is 0 Å². The van der Waals surface area contributed by atoms with Gasteiger partial charge in [-0.1, -0.05) is 35.0 Å². The Morgan fingerprint density at radius 3 is 2.73 bits per heavy atom. The summed E-state index contributed by atoms with van der Waals surface area (Å²) in [6.07, 6.45) is 0. The Kier molecular flexibility index (Phi) is 4.31. The topological polar surface area (TPSA) is 61.0 Å². The van der Waals surface area contributed by atoms with Gasteiger partial charge in [0.2, 0.25) is 5.82 Å². The summed E-state index contributed by atoms with van der Waals surface area (Å²) in [4.78, 5) is 9.01. The molecule has 0 saturated heterocycles. The highest BCUT2D eigenvalue weighted by molar-refractivity contribution is 6.31. The van der Waals surface area contributed by atoms with Crippen molar-refractivity contribution in [2.45, 2.75) is 20.5 Å². The molecule has 0 saturated carbocycles. The van der Waals surface area contributed by atoms with Crippen LogP contribution < -0.4 is 4.74 Å². The first-order chi connectivity index (χ1) is 12.6. The van der Waals surface area contributed by atoms with Crippen LogP contribution in [0.1, 0.15) is 17.1 Å². The quantitative estimate of drug-likeness (QED) is 0.501. The zero-order chi connectivity index (χ0) is 18.1. The molecule has 0 N–H and O–H groups in total. The Hall–Kier alpha value is -2.92. The molecule has 0 aliphatic rings. The van der Waals surface area contributed by atoms with Crippen LogP contribution in [0, 0.1) is 13.8 Å². The van der Waals surface area contributed by atoms with Crippen molar-refractivity contribution in [1.82, 2.24) is 15.1 Å². The molecule has 6 heteroatoms. The number of para-hydroxylation sites is 1. The predicted octanol–water partition coefficient (Wildman–Crippen LogP) is 5.13. The van der Waals surface area contributed by atoms with Crippen molar-refractivity contribution >= 4 is 22.5 Å². The number of hydrogen-bond donors (Lipinski definition) is 0. The highest BCUT2D eigenvalue weighted by atomic mass is 35.5. The van der Waals surface area contributed by atoms with Crippen LogP contribution >= 0.6 is 11.6 Å². The van der Waals surface area contributed by atoms with E-state index in [0.29, 0.717) is 22.5 Å². The maximum absolute atomic E-state index is 6.03. The number of hydrogen-bond acceptors (Lipinski definition) is 5. The molecule has 0 atom stereocenters. The Bertz CT molecular complexity index is 1090. The second-order valence-corrected chi connectivity index (χ2v) is 6.45. The Morgan fingerprint density at radius 1 is 1.04 bits per heavy atom. The number of pyridine rings is 1. The monoisotopic (exact) mass is 365 g/mol. The minimum absolute atomic E-state index is 0.191. The Balaban J connectivity index is 1.59. The molecule has 0 aliphatic heterocycles. The van der Waals surface area contributed by atoms with Gasteiger partial charge in [0, 0.05) is 21.7 Å². The first-order valence-corrected chi connectivity index (χ1v) is 8.56. The van der Waals surface area contributed by atoms with Gasteiger partial charge in [-0.25, -0.2) is 0 Å². The van der Waals surface area contributed by atoms with Gasteiger partial charge in [-0.05, 0) is 49.7 Å². The van der Waals surface area contributed by atoms with Crippen molar-refractivity contribution < 1.29 is 9.26 Å². The lowest BCUT2D eigenvalue weighted by atomic mass is 10.1. The van der Waals surface area contributed by atoms with E-state index in [4.69, 9.17) is 20.9 Å². The van der Waals surface area contributed by atoms with Crippen LogP contribution in [0.4, 0.5) is 0 Å². The molecule has 0 bridgehead atoms. The van der Waals surface area contributed by atoms with Crippen LogP contribution in [-0.4, -0.2) is 15.1 Å². The number of rotatable bonds is 4. The van der Waals surface area contributed by atoms with E-state index in [1.54, 1.807) is 6.07 Å². The summed E-state index contributed by atoms with van der Waals surface area (Å²) in [5, 5.41) is 5.80. The third-order valence-corrected chi connectivity index (χ3v) is 4.47. The zero-order valence-electron chi connectivity index (χ0n) is 14.4. The molecule has 0 radical (unpaired) electrons. The Morgan fingerprint density at radius 2 is 1.88 bits per heavy atom. The number of aryl methyl sites for hydroxylation is 2. The van der Waals surface area contributed by atoms with Gasteiger partial charge in [0.05, 0.1) is 5.52 Å². The fourth-order valence-corrected chi connectivity index (χ4v) is 2.89. The summed E-state index contributed by atoms with van der Waals surface area (Å²) in [6, 6.07) is 15.3. The molecule has 2 heterocycles. The van der Waals surface area contributed by atoms with Crippen LogP contribution in [-0.2, 0) is 6.61 Å². The number of aromatic nitrogens is 3. The van der Waals surface area contributed by atoms with Gasteiger partial charge >= 0.3 is 0 Å². The summed E-state index contributed by atoms with van der Waals surface area (Å²) < 4.78 is 11.1. The molecule has 0 amide bonds. The van der Waals surface area contributed by atoms with E-state index >= 15 is 0 Å². The molecule has 0 spiro atoms. The normalized spacial score (nSPS) is 11.0. The van der Waals surface area contributed by atoms with Crippen LogP contribution in [0.5, 0.6) is 5.75 Å². The SMILES string of the molecule is Cc1cc(-c2noc(COc3ccc(Cl)c(C)c3)n2)c2ccccc2n1. The molecule has 4 aromatic rings. The smallest absolute Gasteiger partial charge is 0.264 e. The molecule has 0 aliphatic carbocycles. The summed E-state index contributed by atoms with van der Waals surface area (Å²) >= 11 is 6.03. The number of halogens is 1. The molecule has 130 valence electrons. The molecule has 5 nitrogen and oxygen atoms in total. The summed E-state index contributed by atoms with van der Waals surface area (Å²) in [7, 11) is 0. The average molecular weight is 366 g/mol. The first kappa shape index (κ1) is 16.5. The largest absolute Gasteiger partial charge is 0.484 e. The second kappa shape index (κ2) is 6.77. The highest BCUT2D eigenvalue weighted by Gasteiger charge is 2.13. The van der Waals surface area contributed by atoms with E-state index in [1.807, 2.05) is 56.3 Å². The van der Waals surface area contributed by atoms with E-state index in [2.05, 4.69) is 15.1 Å². The third-order valence-electron chi connectivity index (χ3n) is 4.04. The molecule has 2 aromatic carbocycles. The zero-order valence-corrected chi connectivity index (χ0v) is 15.1. The number of ether oxygens (including phenoxy) is 1. The van der Waals surface area contributed by atoms with Crippen molar-refractivity contribution in [3.8, 4) is 17.1 Å². The number of benzene rings is 2. The number of fused-ring (bicyclic) bond motifs is 1. The number of nitrogens with zero attached hydrogens (tertiary/aromatic N) is 3. The van der Waals surface area contributed by atoms with Gasteiger partial charge in [-0.15, -0.1) is 0 Å². The fraction of sp³-hybridized carbons (Fsp3) is 0.150. The lowest BCUT2D eigenvalue weighted by Gasteiger charge is -2.05.